The second-order valence-electron chi connectivity index (χ2n) is 14.3. The van der Waals surface area contributed by atoms with Gasteiger partial charge in [0.05, 0.1) is 0 Å². The number of rotatable bonds is 1. The molecule has 1 heteroatoms. The second kappa shape index (κ2) is 9.42. The van der Waals surface area contributed by atoms with Gasteiger partial charge in [0.2, 0.25) is 0 Å². The predicted octanol–water partition coefficient (Wildman–Crippen LogP) is 13.8. The fraction of sp³-hybridized carbons (Fsp3) is 0. The number of hydrogen-bond acceptors (Lipinski definition) is 0. The van der Waals surface area contributed by atoms with Gasteiger partial charge in [0, 0.05) is 0 Å². The van der Waals surface area contributed by atoms with Crippen LogP contribution in [-0.4, -0.2) is 14.5 Å². The number of benzene rings is 10. The van der Waals surface area contributed by atoms with Gasteiger partial charge in [-0.25, -0.2) is 0 Å². The van der Waals surface area contributed by atoms with Crippen molar-refractivity contribution in [3.63, 3.8) is 0 Å². The van der Waals surface area contributed by atoms with Crippen molar-refractivity contribution in [2.24, 2.45) is 0 Å². The average Bonchev–Trinajstić information content (AvgIpc) is 3.83. The van der Waals surface area contributed by atoms with E-state index in [9.17, 15) is 0 Å². The first-order valence-electron chi connectivity index (χ1n) is 17.8. The van der Waals surface area contributed by atoms with Crippen molar-refractivity contribution >= 4 is 87.7 Å². The van der Waals surface area contributed by atoms with Crippen LogP contribution in [0.15, 0.2) is 158 Å². The van der Waals surface area contributed by atoms with E-state index in [1.54, 1.807) is 0 Å². The summed E-state index contributed by atoms with van der Waals surface area (Å²) in [5, 5.41) is 16.1. The summed E-state index contributed by atoms with van der Waals surface area (Å²) < 4.78 is 2.96. The second-order valence-corrected chi connectivity index (χ2v) is 16.6. The van der Waals surface area contributed by atoms with E-state index in [-0.39, 0.29) is 0 Å². The fourth-order valence-electron chi connectivity index (χ4n) is 9.75. The van der Waals surface area contributed by atoms with Crippen LogP contribution in [0.5, 0.6) is 0 Å². The van der Waals surface area contributed by atoms with Gasteiger partial charge in [0.25, 0.3) is 0 Å². The van der Waals surface area contributed by atoms with Gasteiger partial charge in [-0.05, 0) is 0 Å². The molecule has 10 aromatic carbocycles. The topological polar surface area (TPSA) is 0 Å². The summed E-state index contributed by atoms with van der Waals surface area (Å²) in [6, 6.07) is 60.4. The standard InChI is InChI=1S/C50H26Se/c1-2-18-46-36(12-1)50-35(17-7-19-47(50)51-46)44-24-39-30(40-25-42-33-15-5-10-28-11-6-16-34(49(28)33)43(42)26-45(40)44)21-20-29-22-38-31-13-3-8-27-9-4-14-32(48(27)31)41(38)23-37(29)39/h1-26H. The van der Waals surface area contributed by atoms with Gasteiger partial charge in [0.1, 0.15) is 0 Å². The number of fused-ring (bicyclic) bond motifs is 14. The van der Waals surface area contributed by atoms with Gasteiger partial charge in [-0.1, -0.05) is 18.2 Å². The fourth-order valence-corrected chi connectivity index (χ4v) is 12.1. The summed E-state index contributed by atoms with van der Waals surface area (Å²) in [7, 11) is 0. The Hall–Kier alpha value is -5.98. The van der Waals surface area contributed by atoms with Crippen LogP contribution in [0.25, 0.3) is 129 Å². The molecule has 0 saturated heterocycles. The molecule has 2 aliphatic rings. The van der Waals surface area contributed by atoms with Crippen LogP contribution in [0, 0.1) is 0 Å². The van der Waals surface area contributed by atoms with E-state index in [0.717, 1.165) is 0 Å². The summed E-state index contributed by atoms with van der Waals surface area (Å²) >= 11 is 0.302. The van der Waals surface area contributed by atoms with Gasteiger partial charge in [-0.3, -0.25) is 0 Å². The van der Waals surface area contributed by atoms with Crippen LogP contribution < -0.4 is 0 Å². The molecule has 0 bridgehead atoms. The Kier molecular flexibility index (Phi) is 4.95. The van der Waals surface area contributed by atoms with Gasteiger partial charge < -0.3 is 0 Å². The van der Waals surface area contributed by atoms with Crippen LogP contribution >= 0.6 is 0 Å². The van der Waals surface area contributed by atoms with Crippen molar-refractivity contribution in [1.29, 1.82) is 0 Å². The van der Waals surface area contributed by atoms with E-state index in [2.05, 4.69) is 158 Å². The molecular weight excluding hydrogens is 680 g/mol. The van der Waals surface area contributed by atoms with E-state index in [0.29, 0.717) is 14.5 Å². The minimum atomic E-state index is 0.302. The Morgan fingerprint density at radius 3 is 1.39 bits per heavy atom. The first-order chi connectivity index (χ1) is 25.3. The zero-order valence-electron chi connectivity index (χ0n) is 27.4. The van der Waals surface area contributed by atoms with Gasteiger partial charge in [0.15, 0.2) is 0 Å². The van der Waals surface area contributed by atoms with Crippen LogP contribution in [0.2, 0.25) is 0 Å². The molecule has 0 radical (unpaired) electrons. The molecule has 0 amide bonds. The van der Waals surface area contributed by atoms with E-state index in [1.807, 2.05) is 0 Å². The molecule has 0 atom stereocenters. The Morgan fingerprint density at radius 2 is 0.725 bits per heavy atom. The maximum absolute atomic E-state index is 2.54. The minimum absolute atomic E-state index is 0.302. The van der Waals surface area contributed by atoms with Crippen molar-refractivity contribution in [3.8, 4) is 55.6 Å². The van der Waals surface area contributed by atoms with Crippen LogP contribution in [0.4, 0.5) is 0 Å². The summed E-state index contributed by atoms with van der Waals surface area (Å²) in [6.45, 7) is 0. The monoisotopic (exact) mass is 706 g/mol. The Labute approximate surface area is 299 Å². The number of hydrogen-bond donors (Lipinski definition) is 0. The molecule has 11 aromatic rings. The Morgan fingerprint density at radius 1 is 0.235 bits per heavy atom. The summed E-state index contributed by atoms with van der Waals surface area (Å²) in [4.78, 5) is 0. The molecule has 2 aliphatic carbocycles. The van der Waals surface area contributed by atoms with Gasteiger partial charge in [-0.15, -0.1) is 0 Å². The quantitative estimate of drug-likeness (QED) is 0.118. The van der Waals surface area contributed by atoms with E-state index < -0.39 is 0 Å². The molecule has 0 saturated carbocycles. The van der Waals surface area contributed by atoms with Gasteiger partial charge in [-0.2, -0.15) is 0 Å². The molecule has 1 heterocycles. The molecule has 1 aromatic heterocycles. The van der Waals surface area contributed by atoms with Crippen LogP contribution in [0.3, 0.4) is 0 Å². The normalized spacial score (nSPS) is 12.7. The SMILES string of the molecule is c1cc2c3c(cccc3c1)-c1cc3c(ccc4c5cc6c(cc5c(-c5cccc7[se]c8ccccc8c57)cc34)-c3cccc4cccc-6c34)cc1-2. The Balaban J connectivity index is 1.20. The third-order valence-corrected chi connectivity index (χ3v) is 14.3. The first-order valence-corrected chi connectivity index (χ1v) is 19.5. The predicted molar refractivity (Wildman–Crippen MR) is 220 cm³/mol. The molecule has 0 aliphatic heterocycles. The summed E-state index contributed by atoms with van der Waals surface area (Å²) in [5.41, 5.74) is 13.4. The third-order valence-electron chi connectivity index (χ3n) is 11.9. The van der Waals surface area contributed by atoms with E-state index in [4.69, 9.17) is 0 Å². The van der Waals surface area contributed by atoms with Crippen molar-refractivity contribution in [2.75, 3.05) is 0 Å². The first kappa shape index (κ1) is 26.8. The molecule has 51 heavy (non-hydrogen) atoms. The van der Waals surface area contributed by atoms with E-state index in [1.165, 1.54) is 129 Å². The molecule has 0 fully saturated rings. The van der Waals surface area contributed by atoms with E-state index >= 15 is 0 Å². The van der Waals surface area contributed by atoms with Crippen LogP contribution in [-0.2, 0) is 0 Å². The van der Waals surface area contributed by atoms with Crippen molar-refractivity contribution < 1.29 is 0 Å². The van der Waals surface area contributed by atoms with Crippen molar-refractivity contribution in [2.45, 2.75) is 0 Å². The zero-order chi connectivity index (χ0) is 32.9. The molecular formula is C50H26Se. The van der Waals surface area contributed by atoms with Crippen molar-refractivity contribution in [3.05, 3.63) is 158 Å². The molecule has 0 spiro atoms. The van der Waals surface area contributed by atoms with Crippen LogP contribution in [0.1, 0.15) is 0 Å². The third kappa shape index (κ3) is 3.36. The maximum atomic E-state index is 2.54. The summed E-state index contributed by atoms with van der Waals surface area (Å²) in [5.74, 6) is 0. The molecule has 13 rings (SSSR count). The molecule has 0 nitrogen and oxygen atoms in total. The zero-order valence-corrected chi connectivity index (χ0v) is 29.1. The van der Waals surface area contributed by atoms with Gasteiger partial charge >= 0.3 is 283 Å². The summed E-state index contributed by atoms with van der Waals surface area (Å²) in [6.07, 6.45) is 0. The average molecular weight is 706 g/mol. The molecule has 0 unspecified atom stereocenters. The van der Waals surface area contributed by atoms with Crippen molar-refractivity contribution in [1.82, 2.24) is 0 Å². The molecule has 0 N–H and O–H groups in total. The molecule has 232 valence electrons. The Bertz CT molecular complexity index is 3400.